The highest BCUT2D eigenvalue weighted by Crippen LogP contribution is 2.37. The fourth-order valence-electron chi connectivity index (χ4n) is 2.76. The molecule has 1 heterocycles. The third kappa shape index (κ3) is 5.59. The van der Waals surface area contributed by atoms with Gasteiger partial charge in [-0.05, 0) is 24.3 Å². The van der Waals surface area contributed by atoms with Gasteiger partial charge in [-0.2, -0.15) is 0 Å². The van der Waals surface area contributed by atoms with Gasteiger partial charge in [0.25, 0.3) is 5.92 Å². The summed E-state index contributed by atoms with van der Waals surface area (Å²) in [6.07, 6.45) is -5.30. The summed E-state index contributed by atoms with van der Waals surface area (Å²) < 4.78 is 68.2. The summed E-state index contributed by atoms with van der Waals surface area (Å²) in [6, 6.07) is 3.36. The van der Waals surface area contributed by atoms with E-state index in [0.717, 1.165) is 12.1 Å². The number of alkyl halides is 5. The van der Waals surface area contributed by atoms with Crippen molar-refractivity contribution in [3.05, 3.63) is 24.3 Å². The molecule has 0 bridgehead atoms. The molecule has 152 valence electrons. The van der Waals surface area contributed by atoms with Crippen LogP contribution in [0.2, 0.25) is 0 Å². The molecule has 2 rings (SSSR count). The number of nitrogens with zero attached hydrogens (tertiary/aromatic N) is 2. The molecule has 1 aromatic carbocycles. The Morgan fingerprint density at radius 1 is 1.26 bits per heavy atom. The van der Waals surface area contributed by atoms with Crippen molar-refractivity contribution in [2.24, 2.45) is 22.4 Å². The van der Waals surface area contributed by atoms with Crippen molar-refractivity contribution < 1.29 is 26.7 Å². The van der Waals surface area contributed by atoms with Crippen molar-refractivity contribution in [1.29, 1.82) is 5.41 Å². The maximum atomic E-state index is 14.0. The van der Waals surface area contributed by atoms with E-state index in [9.17, 15) is 22.0 Å². The van der Waals surface area contributed by atoms with Crippen LogP contribution in [0.4, 0.5) is 27.6 Å². The van der Waals surface area contributed by atoms with Crippen LogP contribution in [0.25, 0.3) is 0 Å². The second kappa shape index (κ2) is 8.15. The van der Waals surface area contributed by atoms with E-state index in [2.05, 4.69) is 9.73 Å². The van der Waals surface area contributed by atoms with E-state index in [4.69, 9.17) is 16.9 Å². The maximum absolute atomic E-state index is 14.0. The van der Waals surface area contributed by atoms with Crippen molar-refractivity contribution in [1.82, 2.24) is 4.90 Å². The van der Waals surface area contributed by atoms with Crippen LogP contribution in [0.15, 0.2) is 29.3 Å². The largest absolute Gasteiger partial charge is 0.573 e. The maximum Gasteiger partial charge on any atom is 0.573 e. The number of halogens is 6. The van der Waals surface area contributed by atoms with Crippen molar-refractivity contribution in [3.8, 4) is 5.75 Å². The zero-order valence-electron chi connectivity index (χ0n) is 14.1. The molecular weight excluding hydrogens is 397 g/mol. The predicted octanol–water partition coefficient (Wildman–Crippen LogP) is 3.23. The van der Waals surface area contributed by atoms with E-state index in [1.165, 1.54) is 24.0 Å². The van der Waals surface area contributed by atoms with Crippen molar-refractivity contribution in [3.63, 3.8) is 0 Å². The topological polar surface area (TPSA) is 101 Å². The van der Waals surface area contributed by atoms with E-state index < -0.39 is 42.4 Å². The molecule has 0 spiro atoms. The lowest BCUT2D eigenvalue weighted by molar-refractivity contribution is -0.274. The van der Waals surface area contributed by atoms with E-state index in [1.807, 2.05) is 0 Å². The molecule has 2 atom stereocenters. The second-order valence-corrected chi connectivity index (χ2v) is 5.90. The van der Waals surface area contributed by atoms with Crippen LogP contribution in [0.5, 0.6) is 5.75 Å². The summed E-state index contributed by atoms with van der Waals surface area (Å²) in [6.45, 7) is 1.12. The third-order valence-electron chi connectivity index (χ3n) is 4.10. The molecule has 0 radical (unpaired) electrons. The Morgan fingerprint density at radius 2 is 1.81 bits per heavy atom. The number of guanidine groups is 1. The zero-order chi connectivity index (χ0) is 19.7. The standard InChI is InChI=1S/C15H18F5N5O.ClH/c1-8-11(25(13(22)23)7-6-14(8,16)17)12(21)24-9-2-4-10(5-3-9)26-15(18,19)20;/h2-5,8,11H,6-7H2,1H3,(H2,21,24)(H3,22,23);1H. The number of nitrogens with one attached hydrogen (secondary N) is 1. The number of amidine groups is 1. The zero-order valence-corrected chi connectivity index (χ0v) is 15.0. The molecule has 1 aliphatic rings. The van der Waals surface area contributed by atoms with Crippen LogP contribution in [0.3, 0.4) is 0 Å². The Balaban J connectivity index is 0.00000364. The predicted molar refractivity (Wildman–Crippen MR) is 92.8 cm³/mol. The molecule has 0 aromatic heterocycles. The van der Waals surface area contributed by atoms with Crippen LogP contribution in [0, 0.1) is 11.3 Å². The number of rotatable bonds is 3. The number of hydrogen-bond donors (Lipinski definition) is 3. The van der Waals surface area contributed by atoms with Crippen LogP contribution in [-0.4, -0.2) is 41.6 Å². The molecule has 0 aliphatic carbocycles. The van der Waals surface area contributed by atoms with E-state index in [1.54, 1.807) is 0 Å². The molecular formula is C15H19ClF5N5O. The number of likely N-dealkylation sites (tertiary alicyclic amines) is 1. The highest BCUT2D eigenvalue weighted by Gasteiger charge is 2.49. The molecule has 2 unspecified atom stereocenters. The average molecular weight is 416 g/mol. The minimum Gasteiger partial charge on any atom is -0.406 e. The minimum atomic E-state index is -4.82. The van der Waals surface area contributed by atoms with Crippen LogP contribution in [0.1, 0.15) is 13.3 Å². The molecule has 1 fully saturated rings. The molecule has 6 nitrogen and oxygen atoms in total. The van der Waals surface area contributed by atoms with E-state index in [-0.39, 0.29) is 30.5 Å². The van der Waals surface area contributed by atoms with Gasteiger partial charge >= 0.3 is 6.36 Å². The number of nitrogens with two attached hydrogens (primary N) is 2. The van der Waals surface area contributed by atoms with E-state index >= 15 is 0 Å². The van der Waals surface area contributed by atoms with Gasteiger partial charge in [-0.25, -0.2) is 13.8 Å². The van der Waals surface area contributed by atoms with Gasteiger partial charge in [0.2, 0.25) is 0 Å². The molecule has 1 aliphatic heterocycles. The number of benzene rings is 1. The van der Waals surface area contributed by atoms with Gasteiger partial charge in [0.05, 0.1) is 11.7 Å². The number of hydrogen-bond acceptors (Lipinski definition) is 3. The fourth-order valence-corrected chi connectivity index (χ4v) is 2.76. The lowest BCUT2D eigenvalue weighted by Gasteiger charge is -2.43. The van der Waals surface area contributed by atoms with Crippen molar-refractivity contribution in [2.75, 3.05) is 6.54 Å². The summed E-state index contributed by atoms with van der Waals surface area (Å²) in [7, 11) is 0. The van der Waals surface area contributed by atoms with Gasteiger partial charge in [0.15, 0.2) is 5.96 Å². The van der Waals surface area contributed by atoms with Gasteiger partial charge in [-0.3, -0.25) is 5.41 Å². The molecule has 1 saturated heterocycles. The first-order valence-electron chi connectivity index (χ1n) is 7.59. The highest BCUT2D eigenvalue weighted by atomic mass is 35.5. The molecule has 27 heavy (non-hydrogen) atoms. The Morgan fingerprint density at radius 3 is 2.30 bits per heavy atom. The van der Waals surface area contributed by atoms with Crippen LogP contribution < -0.4 is 16.2 Å². The Bertz CT molecular complexity index is 695. The first-order chi connectivity index (χ1) is 11.9. The molecule has 1 aromatic rings. The first kappa shape index (κ1) is 22.7. The molecule has 12 heteroatoms. The van der Waals surface area contributed by atoms with Crippen molar-refractivity contribution in [2.45, 2.75) is 31.7 Å². The van der Waals surface area contributed by atoms with Gasteiger partial charge < -0.3 is 21.1 Å². The van der Waals surface area contributed by atoms with Gasteiger partial charge in [0.1, 0.15) is 11.6 Å². The Kier molecular flexibility index (Phi) is 6.87. The summed E-state index contributed by atoms with van der Waals surface area (Å²) in [4.78, 5) is 5.22. The summed E-state index contributed by atoms with van der Waals surface area (Å²) in [5.41, 5.74) is 11.5. The smallest absolute Gasteiger partial charge is 0.406 e. The average Bonchev–Trinajstić information content (AvgIpc) is 2.50. The minimum absolute atomic E-state index is 0. The fraction of sp³-hybridized carbons (Fsp3) is 0.467. The Labute approximate surface area is 158 Å². The quantitative estimate of drug-likeness (QED) is 0.401. The molecule has 0 saturated carbocycles. The van der Waals surface area contributed by atoms with Gasteiger partial charge in [-0.15, -0.1) is 25.6 Å². The molecule has 5 N–H and O–H groups in total. The van der Waals surface area contributed by atoms with Crippen molar-refractivity contribution >= 4 is 29.9 Å². The second-order valence-electron chi connectivity index (χ2n) is 5.90. The van der Waals surface area contributed by atoms with Crippen LogP contribution in [-0.2, 0) is 0 Å². The van der Waals surface area contributed by atoms with Crippen LogP contribution >= 0.6 is 12.4 Å². The lowest BCUT2D eigenvalue weighted by atomic mass is 9.86. The lowest BCUT2D eigenvalue weighted by Crippen LogP contribution is -2.61. The highest BCUT2D eigenvalue weighted by molar-refractivity contribution is 5.92. The molecule has 0 amide bonds. The van der Waals surface area contributed by atoms with Gasteiger partial charge in [-0.1, -0.05) is 6.92 Å². The summed E-state index contributed by atoms with van der Waals surface area (Å²) in [5.74, 6) is -5.34. The normalized spacial score (nSPS) is 22.7. The van der Waals surface area contributed by atoms with Gasteiger partial charge in [0, 0.05) is 18.9 Å². The van der Waals surface area contributed by atoms with E-state index in [0.29, 0.717) is 0 Å². The first-order valence-corrected chi connectivity index (χ1v) is 7.59. The SMILES string of the molecule is CC1C(C(N)=Nc2ccc(OC(F)(F)F)cc2)N(C(=N)N)CCC1(F)F.Cl. The summed E-state index contributed by atoms with van der Waals surface area (Å²) in [5, 5.41) is 7.55. The monoisotopic (exact) mass is 415 g/mol. The number of piperidine rings is 1. The summed E-state index contributed by atoms with van der Waals surface area (Å²) >= 11 is 0. The number of ether oxygens (including phenoxy) is 1. The number of aliphatic imine (C=N–C) groups is 1. The Hall–Kier alpha value is -2.30. The third-order valence-corrected chi connectivity index (χ3v) is 4.10.